The average Bonchev–Trinajstić information content (AvgIpc) is 3.20. The SMILES string of the molecule is O=C(O)c1cnn(Cc2nc(-c3cccc(C(F)(F)F)c3)sc2C2CC2)c1. The largest absolute Gasteiger partial charge is 0.478 e. The zero-order valence-corrected chi connectivity index (χ0v) is 14.7. The number of carboxylic acid groups (broad SMARTS) is 1. The summed E-state index contributed by atoms with van der Waals surface area (Å²) in [5.41, 5.74) is 0.531. The number of aromatic nitrogens is 3. The predicted molar refractivity (Wildman–Crippen MR) is 92.8 cm³/mol. The van der Waals surface area contributed by atoms with E-state index in [1.165, 1.54) is 34.5 Å². The molecule has 0 saturated heterocycles. The monoisotopic (exact) mass is 393 g/mol. The van der Waals surface area contributed by atoms with E-state index in [4.69, 9.17) is 5.11 Å². The minimum absolute atomic E-state index is 0.0799. The molecule has 0 atom stereocenters. The average molecular weight is 393 g/mol. The smallest absolute Gasteiger partial charge is 0.416 e. The number of aromatic carboxylic acids is 1. The lowest BCUT2D eigenvalue weighted by Crippen LogP contribution is -2.04. The number of hydrogen-bond donors (Lipinski definition) is 1. The van der Waals surface area contributed by atoms with Crippen LogP contribution in [0.4, 0.5) is 13.2 Å². The second-order valence-electron chi connectivity index (χ2n) is 6.41. The Balaban J connectivity index is 1.68. The topological polar surface area (TPSA) is 68.0 Å². The zero-order valence-electron chi connectivity index (χ0n) is 13.9. The van der Waals surface area contributed by atoms with Crippen LogP contribution in [-0.4, -0.2) is 25.8 Å². The highest BCUT2D eigenvalue weighted by atomic mass is 32.1. The molecule has 0 aliphatic heterocycles. The van der Waals surface area contributed by atoms with Gasteiger partial charge >= 0.3 is 12.1 Å². The van der Waals surface area contributed by atoms with Crippen LogP contribution in [0, 0.1) is 0 Å². The quantitative estimate of drug-likeness (QED) is 0.685. The summed E-state index contributed by atoms with van der Waals surface area (Å²) in [7, 11) is 0. The molecule has 5 nitrogen and oxygen atoms in total. The molecular weight excluding hydrogens is 379 g/mol. The fourth-order valence-corrected chi connectivity index (χ4v) is 4.05. The van der Waals surface area contributed by atoms with Gasteiger partial charge in [-0.15, -0.1) is 11.3 Å². The molecule has 0 spiro atoms. The Morgan fingerprint density at radius 1 is 1.33 bits per heavy atom. The molecule has 1 aromatic carbocycles. The van der Waals surface area contributed by atoms with Gasteiger partial charge in [0.25, 0.3) is 0 Å². The molecule has 0 unspecified atom stereocenters. The zero-order chi connectivity index (χ0) is 19.2. The van der Waals surface area contributed by atoms with Crippen LogP contribution < -0.4 is 0 Å². The number of carbonyl (C=O) groups is 1. The Bertz CT molecular complexity index is 1010. The number of halogens is 3. The summed E-state index contributed by atoms with van der Waals surface area (Å²) in [6.45, 7) is 0.286. The molecular formula is C18H14F3N3O2S. The van der Waals surface area contributed by atoms with Crippen molar-refractivity contribution in [1.82, 2.24) is 14.8 Å². The molecule has 1 fully saturated rings. The van der Waals surface area contributed by atoms with E-state index in [1.807, 2.05) is 0 Å². The molecule has 1 aliphatic carbocycles. The lowest BCUT2D eigenvalue weighted by atomic mass is 10.1. The first-order valence-corrected chi connectivity index (χ1v) is 9.06. The van der Waals surface area contributed by atoms with Crippen molar-refractivity contribution in [2.75, 3.05) is 0 Å². The van der Waals surface area contributed by atoms with E-state index in [2.05, 4.69) is 10.1 Å². The summed E-state index contributed by atoms with van der Waals surface area (Å²) in [4.78, 5) is 16.6. The van der Waals surface area contributed by atoms with Gasteiger partial charge in [-0.25, -0.2) is 9.78 Å². The van der Waals surface area contributed by atoms with Gasteiger partial charge in [0.2, 0.25) is 0 Å². The van der Waals surface area contributed by atoms with Gasteiger partial charge in [-0.3, -0.25) is 4.68 Å². The molecule has 27 heavy (non-hydrogen) atoms. The molecule has 2 aromatic heterocycles. The standard InChI is InChI=1S/C18H14F3N3O2S/c19-18(20,21)13-3-1-2-11(6-13)16-23-14(15(27-16)10-4-5-10)9-24-8-12(7-22-24)17(25)26/h1-3,6-8,10H,4-5,9H2,(H,25,26). The molecule has 0 amide bonds. The van der Waals surface area contributed by atoms with Crippen molar-refractivity contribution in [1.29, 1.82) is 0 Å². The van der Waals surface area contributed by atoms with E-state index in [0.29, 0.717) is 16.5 Å². The number of alkyl halides is 3. The Morgan fingerprint density at radius 2 is 2.11 bits per heavy atom. The van der Waals surface area contributed by atoms with Gasteiger partial charge in [-0.2, -0.15) is 18.3 Å². The second kappa shape index (κ2) is 6.49. The van der Waals surface area contributed by atoms with Gasteiger partial charge in [0, 0.05) is 16.6 Å². The highest BCUT2D eigenvalue weighted by Crippen LogP contribution is 2.46. The molecule has 1 N–H and O–H groups in total. The molecule has 0 bridgehead atoms. The van der Waals surface area contributed by atoms with E-state index in [-0.39, 0.29) is 12.1 Å². The van der Waals surface area contributed by atoms with Crippen LogP contribution in [0.1, 0.15) is 45.3 Å². The Labute approximate surface area is 156 Å². The molecule has 3 aromatic rings. The number of benzene rings is 1. The first-order valence-electron chi connectivity index (χ1n) is 8.24. The Morgan fingerprint density at radius 3 is 2.74 bits per heavy atom. The van der Waals surface area contributed by atoms with Crippen LogP contribution in [0.5, 0.6) is 0 Å². The van der Waals surface area contributed by atoms with Crippen molar-refractivity contribution in [2.45, 2.75) is 31.5 Å². The molecule has 1 aliphatic rings. The molecule has 2 heterocycles. The molecule has 4 rings (SSSR count). The van der Waals surface area contributed by atoms with E-state index < -0.39 is 17.7 Å². The van der Waals surface area contributed by atoms with Crippen LogP contribution in [0.2, 0.25) is 0 Å². The number of nitrogens with zero attached hydrogens (tertiary/aromatic N) is 3. The van der Waals surface area contributed by atoms with Crippen LogP contribution >= 0.6 is 11.3 Å². The lowest BCUT2D eigenvalue weighted by molar-refractivity contribution is -0.137. The third kappa shape index (κ3) is 3.73. The van der Waals surface area contributed by atoms with Crippen molar-refractivity contribution in [3.05, 3.63) is 58.4 Å². The first kappa shape index (κ1) is 17.7. The highest BCUT2D eigenvalue weighted by Gasteiger charge is 2.32. The van der Waals surface area contributed by atoms with Gasteiger partial charge in [0.15, 0.2) is 0 Å². The van der Waals surface area contributed by atoms with Gasteiger partial charge in [-0.1, -0.05) is 12.1 Å². The second-order valence-corrected chi connectivity index (χ2v) is 7.45. The number of hydrogen-bond acceptors (Lipinski definition) is 4. The predicted octanol–water partition coefficient (Wildman–Crippen LogP) is 4.65. The summed E-state index contributed by atoms with van der Waals surface area (Å²) in [5, 5.41) is 13.6. The third-order valence-corrected chi connectivity index (χ3v) is 5.61. The van der Waals surface area contributed by atoms with Crippen molar-refractivity contribution in [3.8, 4) is 10.6 Å². The molecule has 9 heteroatoms. The number of rotatable bonds is 5. The number of carboxylic acids is 1. The Kier molecular flexibility index (Phi) is 4.26. The van der Waals surface area contributed by atoms with Crippen molar-refractivity contribution < 1.29 is 23.1 Å². The van der Waals surface area contributed by atoms with Gasteiger partial charge < -0.3 is 5.11 Å². The van der Waals surface area contributed by atoms with Crippen molar-refractivity contribution >= 4 is 17.3 Å². The fraction of sp³-hybridized carbons (Fsp3) is 0.278. The van der Waals surface area contributed by atoms with E-state index in [0.717, 1.165) is 35.5 Å². The lowest BCUT2D eigenvalue weighted by Gasteiger charge is -2.07. The summed E-state index contributed by atoms with van der Waals surface area (Å²) in [6, 6.07) is 5.14. The summed E-state index contributed by atoms with van der Waals surface area (Å²) < 4.78 is 40.4. The van der Waals surface area contributed by atoms with Gasteiger partial charge in [0.05, 0.1) is 29.6 Å². The summed E-state index contributed by atoms with van der Waals surface area (Å²) in [5.74, 6) is -0.696. The first-order chi connectivity index (χ1) is 12.8. The minimum Gasteiger partial charge on any atom is -0.478 e. The minimum atomic E-state index is -4.41. The maximum absolute atomic E-state index is 13.0. The van der Waals surface area contributed by atoms with Crippen molar-refractivity contribution in [3.63, 3.8) is 0 Å². The Hall–Kier alpha value is -2.68. The highest BCUT2D eigenvalue weighted by molar-refractivity contribution is 7.15. The van der Waals surface area contributed by atoms with Crippen LogP contribution in [0.25, 0.3) is 10.6 Å². The van der Waals surface area contributed by atoms with Gasteiger partial charge in [0.1, 0.15) is 5.01 Å². The third-order valence-electron chi connectivity index (χ3n) is 4.30. The van der Waals surface area contributed by atoms with Crippen LogP contribution in [0.15, 0.2) is 36.7 Å². The van der Waals surface area contributed by atoms with E-state index in [1.54, 1.807) is 6.07 Å². The maximum Gasteiger partial charge on any atom is 0.416 e. The summed E-state index contributed by atoms with van der Waals surface area (Å²) >= 11 is 1.40. The number of thiazole rings is 1. The molecule has 0 radical (unpaired) electrons. The summed E-state index contributed by atoms with van der Waals surface area (Å²) in [6.07, 6.45) is 0.326. The molecule has 1 saturated carbocycles. The van der Waals surface area contributed by atoms with Crippen molar-refractivity contribution in [2.24, 2.45) is 0 Å². The van der Waals surface area contributed by atoms with Gasteiger partial charge in [-0.05, 0) is 30.9 Å². The van der Waals surface area contributed by atoms with E-state index in [9.17, 15) is 18.0 Å². The maximum atomic E-state index is 13.0. The van der Waals surface area contributed by atoms with Crippen LogP contribution in [-0.2, 0) is 12.7 Å². The van der Waals surface area contributed by atoms with Crippen LogP contribution in [0.3, 0.4) is 0 Å². The fourth-order valence-electron chi connectivity index (χ4n) is 2.81. The normalized spacial score (nSPS) is 14.5. The molecule has 140 valence electrons. The van der Waals surface area contributed by atoms with E-state index >= 15 is 0 Å².